The Hall–Kier alpha value is -1.09. The molecule has 0 fully saturated rings. The molecule has 0 aliphatic rings. The fraction of sp³-hybridized carbons (Fsp3) is 0.688. The monoisotopic (exact) mass is 263 g/mol. The predicted octanol–water partition coefficient (Wildman–Crippen LogP) is 3.46. The van der Waals surface area contributed by atoms with Crippen molar-refractivity contribution in [2.75, 3.05) is 11.9 Å². The Morgan fingerprint density at radius 2 is 1.95 bits per heavy atom. The van der Waals surface area contributed by atoms with Crippen LogP contribution in [-0.2, 0) is 12.0 Å². The molecule has 0 aliphatic heterocycles. The lowest BCUT2D eigenvalue weighted by atomic mass is 9.90. The molecule has 0 spiro atoms. The Kier molecular flexibility index (Phi) is 5.36. The third-order valence-corrected chi connectivity index (χ3v) is 3.60. The van der Waals surface area contributed by atoms with Crippen LogP contribution in [0.4, 0.5) is 5.82 Å². The van der Waals surface area contributed by atoms with Crippen molar-refractivity contribution in [3.8, 4) is 0 Å². The maximum Gasteiger partial charge on any atom is 0.129 e. The average molecular weight is 263 g/mol. The molecule has 1 unspecified atom stereocenters. The molecule has 1 aromatic heterocycles. The first-order valence-electron chi connectivity index (χ1n) is 7.24. The van der Waals surface area contributed by atoms with Crippen LogP contribution in [0.1, 0.15) is 58.7 Å². The summed E-state index contributed by atoms with van der Waals surface area (Å²) in [5.41, 5.74) is 8.14. The van der Waals surface area contributed by atoms with Gasteiger partial charge in [0.1, 0.15) is 5.82 Å². The zero-order chi connectivity index (χ0) is 14.6. The normalized spacial score (nSPS) is 13.4. The van der Waals surface area contributed by atoms with Crippen molar-refractivity contribution in [2.24, 2.45) is 5.73 Å². The molecule has 0 saturated carbocycles. The van der Waals surface area contributed by atoms with Crippen molar-refractivity contribution in [1.29, 1.82) is 0 Å². The van der Waals surface area contributed by atoms with Gasteiger partial charge in [-0.1, -0.05) is 34.1 Å². The molecule has 19 heavy (non-hydrogen) atoms. The van der Waals surface area contributed by atoms with Crippen molar-refractivity contribution >= 4 is 5.82 Å². The Morgan fingerprint density at radius 3 is 2.42 bits per heavy atom. The number of nitrogens with zero attached hydrogens (tertiary/aromatic N) is 2. The largest absolute Gasteiger partial charge is 0.357 e. The molecule has 0 saturated heterocycles. The zero-order valence-corrected chi connectivity index (χ0v) is 13.3. The van der Waals surface area contributed by atoms with E-state index in [-0.39, 0.29) is 5.41 Å². The van der Waals surface area contributed by atoms with E-state index in [4.69, 9.17) is 10.7 Å². The molecule has 0 aliphatic carbocycles. The van der Waals surface area contributed by atoms with Crippen LogP contribution in [0.25, 0.3) is 0 Å². The highest BCUT2D eigenvalue weighted by molar-refractivity contribution is 5.44. The quantitative estimate of drug-likeness (QED) is 0.884. The van der Waals surface area contributed by atoms with Gasteiger partial charge < -0.3 is 10.6 Å². The summed E-state index contributed by atoms with van der Waals surface area (Å²) in [5.74, 6) is 1.04. The topological polar surface area (TPSA) is 42.1 Å². The van der Waals surface area contributed by atoms with E-state index in [2.05, 4.69) is 58.7 Å². The van der Waals surface area contributed by atoms with E-state index < -0.39 is 0 Å². The van der Waals surface area contributed by atoms with Crippen LogP contribution in [0.2, 0.25) is 0 Å². The summed E-state index contributed by atoms with van der Waals surface area (Å²) in [6.07, 6.45) is 2.37. The summed E-state index contributed by atoms with van der Waals surface area (Å²) < 4.78 is 0. The van der Waals surface area contributed by atoms with Crippen LogP contribution in [0, 0.1) is 0 Å². The van der Waals surface area contributed by atoms with Gasteiger partial charge in [-0.15, -0.1) is 0 Å². The van der Waals surface area contributed by atoms with Gasteiger partial charge in [-0.2, -0.15) is 0 Å². The van der Waals surface area contributed by atoms with Crippen LogP contribution in [-0.4, -0.2) is 18.1 Å². The maximum absolute atomic E-state index is 5.82. The standard InChI is InChI=1S/C16H29N3/c1-7-8-12(2)19(6)15-10-13(11-17)9-14(18-15)16(3,4)5/h9-10,12H,7-8,11,17H2,1-6H3. The minimum Gasteiger partial charge on any atom is -0.357 e. The van der Waals surface area contributed by atoms with Gasteiger partial charge in [0, 0.05) is 30.7 Å². The summed E-state index contributed by atoms with van der Waals surface area (Å²) >= 11 is 0. The first-order chi connectivity index (χ1) is 8.79. The van der Waals surface area contributed by atoms with Gasteiger partial charge in [-0.3, -0.25) is 0 Å². The van der Waals surface area contributed by atoms with E-state index in [0.29, 0.717) is 12.6 Å². The lowest BCUT2D eigenvalue weighted by Crippen LogP contribution is -2.30. The van der Waals surface area contributed by atoms with E-state index in [1.165, 1.54) is 12.8 Å². The van der Waals surface area contributed by atoms with Crippen LogP contribution in [0.3, 0.4) is 0 Å². The van der Waals surface area contributed by atoms with E-state index in [1.807, 2.05) is 0 Å². The molecule has 0 radical (unpaired) electrons. The van der Waals surface area contributed by atoms with Crippen molar-refractivity contribution in [3.63, 3.8) is 0 Å². The van der Waals surface area contributed by atoms with E-state index in [0.717, 1.165) is 17.1 Å². The average Bonchev–Trinajstić information content (AvgIpc) is 2.36. The molecular formula is C16H29N3. The van der Waals surface area contributed by atoms with E-state index in [9.17, 15) is 0 Å². The number of pyridine rings is 1. The second kappa shape index (κ2) is 6.38. The lowest BCUT2D eigenvalue weighted by Gasteiger charge is -2.28. The fourth-order valence-electron chi connectivity index (χ4n) is 2.09. The molecule has 1 heterocycles. The SMILES string of the molecule is CCCC(C)N(C)c1cc(CN)cc(C(C)(C)C)n1. The summed E-state index contributed by atoms with van der Waals surface area (Å²) in [6, 6.07) is 4.74. The molecule has 1 rings (SSSR count). The third kappa shape index (κ3) is 4.20. The molecule has 1 aromatic rings. The lowest BCUT2D eigenvalue weighted by molar-refractivity contribution is 0.561. The summed E-state index contributed by atoms with van der Waals surface area (Å²) in [6.45, 7) is 11.6. The molecule has 0 bridgehead atoms. The highest BCUT2D eigenvalue weighted by Gasteiger charge is 2.19. The van der Waals surface area contributed by atoms with Gasteiger partial charge in [-0.05, 0) is 31.0 Å². The Labute approximate surface area is 118 Å². The Morgan fingerprint density at radius 1 is 1.32 bits per heavy atom. The number of nitrogens with two attached hydrogens (primary N) is 1. The van der Waals surface area contributed by atoms with E-state index in [1.54, 1.807) is 0 Å². The van der Waals surface area contributed by atoms with Crippen molar-refractivity contribution in [3.05, 3.63) is 23.4 Å². The van der Waals surface area contributed by atoms with Gasteiger partial charge in [-0.25, -0.2) is 4.98 Å². The first kappa shape index (κ1) is 16.0. The van der Waals surface area contributed by atoms with Gasteiger partial charge >= 0.3 is 0 Å². The van der Waals surface area contributed by atoms with Crippen molar-refractivity contribution < 1.29 is 0 Å². The van der Waals surface area contributed by atoms with Crippen LogP contribution < -0.4 is 10.6 Å². The number of hydrogen-bond donors (Lipinski definition) is 1. The summed E-state index contributed by atoms with van der Waals surface area (Å²) in [4.78, 5) is 7.09. The number of aromatic nitrogens is 1. The first-order valence-corrected chi connectivity index (χ1v) is 7.24. The summed E-state index contributed by atoms with van der Waals surface area (Å²) in [5, 5.41) is 0. The Balaban J connectivity index is 3.13. The molecule has 1 atom stereocenters. The summed E-state index contributed by atoms with van der Waals surface area (Å²) in [7, 11) is 2.12. The third-order valence-electron chi connectivity index (χ3n) is 3.60. The number of anilines is 1. The van der Waals surface area contributed by atoms with Crippen LogP contribution in [0.5, 0.6) is 0 Å². The molecule has 2 N–H and O–H groups in total. The fourth-order valence-corrected chi connectivity index (χ4v) is 2.09. The molecule has 0 amide bonds. The second-order valence-corrected chi connectivity index (χ2v) is 6.42. The van der Waals surface area contributed by atoms with Crippen molar-refractivity contribution in [1.82, 2.24) is 4.98 Å². The van der Waals surface area contributed by atoms with Gasteiger partial charge in [0.15, 0.2) is 0 Å². The van der Waals surface area contributed by atoms with Crippen LogP contribution >= 0.6 is 0 Å². The number of hydrogen-bond acceptors (Lipinski definition) is 3. The minimum atomic E-state index is 0.0504. The molecule has 108 valence electrons. The predicted molar refractivity (Wildman–Crippen MR) is 83.6 cm³/mol. The Bertz CT molecular complexity index is 407. The highest BCUT2D eigenvalue weighted by Crippen LogP contribution is 2.25. The van der Waals surface area contributed by atoms with Gasteiger partial charge in [0.2, 0.25) is 0 Å². The molecule has 3 nitrogen and oxygen atoms in total. The number of rotatable bonds is 5. The molecular weight excluding hydrogens is 234 g/mol. The smallest absolute Gasteiger partial charge is 0.129 e. The minimum absolute atomic E-state index is 0.0504. The maximum atomic E-state index is 5.82. The van der Waals surface area contributed by atoms with Gasteiger partial charge in [0.05, 0.1) is 0 Å². The van der Waals surface area contributed by atoms with Gasteiger partial charge in [0.25, 0.3) is 0 Å². The highest BCUT2D eigenvalue weighted by atomic mass is 15.2. The molecule has 3 heteroatoms. The molecule has 0 aromatic carbocycles. The zero-order valence-electron chi connectivity index (χ0n) is 13.3. The second-order valence-electron chi connectivity index (χ2n) is 6.42. The van der Waals surface area contributed by atoms with Crippen molar-refractivity contribution in [2.45, 2.75) is 65.5 Å². The van der Waals surface area contributed by atoms with Crippen LogP contribution in [0.15, 0.2) is 12.1 Å². The van der Waals surface area contributed by atoms with E-state index >= 15 is 0 Å².